The molecule has 164 valence electrons. The molecule has 12 heteroatoms. The van der Waals surface area contributed by atoms with Crippen LogP contribution in [0.2, 0.25) is 5.15 Å². The highest BCUT2D eigenvalue weighted by molar-refractivity contribution is 7.89. The van der Waals surface area contributed by atoms with E-state index in [2.05, 4.69) is 10.3 Å². The van der Waals surface area contributed by atoms with Gasteiger partial charge >= 0.3 is 6.18 Å². The molecule has 7 nitrogen and oxygen atoms in total. The number of nitrogens with one attached hydrogen (secondary N) is 1. The Morgan fingerprint density at radius 1 is 1.38 bits per heavy atom. The van der Waals surface area contributed by atoms with Gasteiger partial charge in [-0.15, -0.1) is 0 Å². The largest absolute Gasteiger partial charge is 0.401 e. The minimum atomic E-state index is -4.24. The number of carbonyl (C=O) groups excluding carboxylic acids is 1. The number of aromatic nitrogens is 1. The summed E-state index contributed by atoms with van der Waals surface area (Å²) in [6.07, 6.45) is -1.73. The van der Waals surface area contributed by atoms with Gasteiger partial charge in [-0.1, -0.05) is 11.6 Å². The van der Waals surface area contributed by atoms with E-state index >= 15 is 0 Å². The number of sulfonamides is 1. The number of alkyl halides is 3. The molecule has 0 saturated carbocycles. The van der Waals surface area contributed by atoms with E-state index in [4.69, 9.17) is 11.6 Å². The van der Waals surface area contributed by atoms with Crippen molar-refractivity contribution in [1.29, 1.82) is 0 Å². The lowest BCUT2D eigenvalue weighted by Crippen LogP contribution is -2.43. The van der Waals surface area contributed by atoms with Crippen LogP contribution in [-0.2, 0) is 14.8 Å². The fourth-order valence-electron chi connectivity index (χ4n) is 3.15. The molecule has 1 aliphatic heterocycles. The Kier molecular flexibility index (Phi) is 8.27. The van der Waals surface area contributed by atoms with Crippen molar-refractivity contribution in [2.45, 2.75) is 30.3 Å². The molecule has 0 unspecified atom stereocenters. The summed E-state index contributed by atoms with van der Waals surface area (Å²) in [7, 11) is -2.40. The van der Waals surface area contributed by atoms with Gasteiger partial charge in [0.25, 0.3) is 0 Å². The monoisotopic (exact) mass is 456 g/mol. The van der Waals surface area contributed by atoms with Crippen LogP contribution in [-0.4, -0.2) is 74.5 Å². The number of pyridine rings is 1. The van der Waals surface area contributed by atoms with E-state index in [-0.39, 0.29) is 48.1 Å². The molecule has 1 aliphatic rings. The maximum Gasteiger partial charge on any atom is 0.401 e. The van der Waals surface area contributed by atoms with Gasteiger partial charge in [-0.2, -0.15) is 17.5 Å². The fraction of sp³-hybridized carbons (Fsp3) is 0.647. The van der Waals surface area contributed by atoms with Crippen molar-refractivity contribution >= 4 is 27.5 Å². The molecule has 0 aromatic carbocycles. The molecular formula is C17H24ClF3N4O3S. The van der Waals surface area contributed by atoms with E-state index in [9.17, 15) is 26.4 Å². The molecular weight excluding hydrogens is 433 g/mol. The van der Waals surface area contributed by atoms with E-state index in [1.165, 1.54) is 29.7 Å². The Bertz CT molecular complexity index is 799. The van der Waals surface area contributed by atoms with Crippen LogP contribution in [0.25, 0.3) is 0 Å². The molecule has 1 saturated heterocycles. The van der Waals surface area contributed by atoms with Crippen LogP contribution in [0, 0.1) is 5.92 Å². The summed E-state index contributed by atoms with van der Waals surface area (Å²) in [5.41, 5.74) is 0. The third-order valence-corrected chi connectivity index (χ3v) is 6.98. The normalized spacial score (nSPS) is 16.9. The Balaban J connectivity index is 1.76. The van der Waals surface area contributed by atoms with Gasteiger partial charge in [0.15, 0.2) is 0 Å². The molecule has 0 spiro atoms. The summed E-state index contributed by atoms with van der Waals surface area (Å²) in [5.74, 6) is -0.543. The first-order valence-electron chi connectivity index (χ1n) is 9.14. The Labute approximate surface area is 173 Å². The first-order chi connectivity index (χ1) is 13.5. The summed E-state index contributed by atoms with van der Waals surface area (Å²) in [6.45, 7) is -0.151. The first-order valence-corrected chi connectivity index (χ1v) is 11.0. The zero-order valence-corrected chi connectivity index (χ0v) is 17.5. The number of halogens is 4. The molecule has 1 aromatic heterocycles. The lowest BCUT2D eigenvalue weighted by molar-refractivity contribution is -0.143. The molecule has 2 rings (SSSR count). The standard InChI is InChI=1S/C17H24ClF3N4O3S/c1-24(12-17(19,20)21)9-3-8-23-16(26)13-5-10-25(11-6-13)29(27,28)14-4-2-7-22-15(14)18/h2,4,7,13H,3,5-6,8-12H2,1H3,(H,23,26). The van der Waals surface area contributed by atoms with Crippen LogP contribution >= 0.6 is 11.6 Å². The van der Waals surface area contributed by atoms with Gasteiger partial charge in [-0.25, -0.2) is 13.4 Å². The highest BCUT2D eigenvalue weighted by Crippen LogP contribution is 2.27. The molecule has 1 N–H and O–H groups in total. The van der Waals surface area contributed by atoms with Crippen molar-refractivity contribution in [2.75, 3.05) is 39.8 Å². The van der Waals surface area contributed by atoms with Crippen molar-refractivity contribution in [1.82, 2.24) is 19.5 Å². The lowest BCUT2D eigenvalue weighted by atomic mass is 9.97. The van der Waals surface area contributed by atoms with Crippen molar-refractivity contribution in [2.24, 2.45) is 5.92 Å². The Hall–Kier alpha value is -1.43. The van der Waals surface area contributed by atoms with Gasteiger partial charge in [0.2, 0.25) is 15.9 Å². The Morgan fingerprint density at radius 2 is 2.03 bits per heavy atom. The Morgan fingerprint density at radius 3 is 2.62 bits per heavy atom. The molecule has 0 bridgehead atoms. The summed E-state index contributed by atoms with van der Waals surface area (Å²) >= 11 is 5.89. The fourth-order valence-corrected chi connectivity index (χ4v) is 5.05. The summed E-state index contributed by atoms with van der Waals surface area (Å²) in [5, 5.41) is 2.62. The molecule has 1 fully saturated rings. The van der Waals surface area contributed by atoms with Crippen molar-refractivity contribution in [3.8, 4) is 0 Å². The number of hydrogen-bond donors (Lipinski definition) is 1. The van der Waals surface area contributed by atoms with Gasteiger partial charge in [0.1, 0.15) is 10.0 Å². The van der Waals surface area contributed by atoms with Gasteiger partial charge in [-0.05, 0) is 45.0 Å². The molecule has 29 heavy (non-hydrogen) atoms. The number of hydrogen-bond acceptors (Lipinski definition) is 5. The summed E-state index contributed by atoms with van der Waals surface area (Å²) < 4.78 is 63.4. The molecule has 1 aromatic rings. The molecule has 0 atom stereocenters. The topological polar surface area (TPSA) is 82.6 Å². The van der Waals surface area contributed by atoms with Crippen LogP contribution in [0.3, 0.4) is 0 Å². The highest BCUT2D eigenvalue weighted by atomic mass is 35.5. The molecule has 1 amide bonds. The predicted molar refractivity (Wildman–Crippen MR) is 102 cm³/mol. The first kappa shape index (κ1) is 23.8. The van der Waals surface area contributed by atoms with Crippen LogP contribution in [0.5, 0.6) is 0 Å². The quantitative estimate of drug-likeness (QED) is 0.478. The molecule has 0 aliphatic carbocycles. The van der Waals surface area contributed by atoms with Crippen molar-refractivity contribution in [3.05, 3.63) is 23.5 Å². The molecule has 2 heterocycles. The highest BCUT2D eigenvalue weighted by Gasteiger charge is 2.33. The molecule has 0 radical (unpaired) electrons. The smallest absolute Gasteiger partial charge is 0.356 e. The van der Waals surface area contributed by atoms with Gasteiger partial charge in [0.05, 0.1) is 6.54 Å². The van der Waals surface area contributed by atoms with Crippen molar-refractivity contribution in [3.63, 3.8) is 0 Å². The minimum absolute atomic E-state index is 0.0625. The maximum atomic E-state index is 12.7. The van der Waals surface area contributed by atoms with Crippen LogP contribution in [0.4, 0.5) is 13.2 Å². The van der Waals surface area contributed by atoms with E-state index in [1.807, 2.05) is 0 Å². The van der Waals surface area contributed by atoms with Gasteiger partial charge in [-0.3, -0.25) is 9.69 Å². The minimum Gasteiger partial charge on any atom is -0.356 e. The predicted octanol–water partition coefficient (Wildman–Crippen LogP) is 2.14. The van der Waals surface area contributed by atoms with E-state index in [0.717, 1.165) is 4.90 Å². The zero-order valence-electron chi connectivity index (χ0n) is 16.0. The van der Waals surface area contributed by atoms with Crippen LogP contribution in [0.15, 0.2) is 23.2 Å². The number of rotatable bonds is 8. The third-order valence-electron chi connectivity index (χ3n) is 4.63. The number of carbonyl (C=O) groups is 1. The average Bonchev–Trinajstić information content (AvgIpc) is 2.64. The van der Waals surface area contributed by atoms with Crippen molar-refractivity contribution < 1.29 is 26.4 Å². The van der Waals surface area contributed by atoms with E-state index in [0.29, 0.717) is 19.3 Å². The van der Waals surface area contributed by atoms with E-state index in [1.54, 1.807) is 0 Å². The van der Waals surface area contributed by atoms with Gasteiger partial charge < -0.3 is 5.32 Å². The van der Waals surface area contributed by atoms with Crippen LogP contribution < -0.4 is 5.32 Å². The lowest BCUT2D eigenvalue weighted by Gasteiger charge is -2.30. The summed E-state index contributed by atoms with van der Waals surface area (Å²) in [6, 6.07) is 2.88. The third kappa shape index (κ3) is 7.09. The van der Waals surface area contributed by atoms with E-state index < -0.39 is 22.7 Å². The van der Waals surface area contributed by atoms with Crippen LogP contribution in [0.1, 0.15) is 19.3 Å². The summed E-state index contributed by atoms with van der Waals surface area (Å²) in [4.78, 5) is 17.1. The second-order valence-electron chi connectivity index (χ2n) is 6.97. The zero-order chi connectivity index (χ0) is 21.7. The number of piperidine rings is 1. The maximum absolute atomic E-state index is 12.7. The second kappa shape index (κ2) is 10.1. The SMILES string of the molecule is CN(CCCNC(=O)C1CCN(S(=O)(=O)c2cccnc2Cl)CC1)CC(F)(F)F. The number of amides is 1. The number of nitrogens with zero attached hydrogens (tertiary/aromatic N) is 3. The second-order valence-corrected chi connectivity index (χ2v) is 9.23. The average molecular weight is 457 g/mol. The van der Waals surface area contributed by atoms with Gasteiger partial charge in [0, 0.05) is 31.7 Å².